The van der Waals surface area contributed by atoms with Crippen molar-refractivity contribution in [3.05, 3.63) is 42.2 Å². The molecule has 0 spiro atoms. The molecule has 0 N–H and O–H groups in total. The van der Waals surface area contributed by atoms with Crippen LogP contribution in [0.3, 0.4) is 0 Å². The Morgan fingerprint density at radius 3 is 2.61 bits per heavy atom. The Hall–Kier alpha value is -1.44. The topological polar surface area (TPSA) is 6.48 Å². The van der Waals surface area contributed by atoms with Crippen LogP contribution in [0.25, 0.3) is 0 Å². The molecule has 0 radical (unpaired) electrons. The summed E-state index contributed by atoms with van der Waals surface area (Å²) in [7, 11) is 2.11. The predicted octanol–water partition coefficient (Wildman–Crippen LogP) is 3.91. The summed E-state index contributed by atoms with van der Waals surface area (Å²) < 4.78 is 0. The lowest BCUT2D eigenvalue weighted by Crippen LogP contribution is -2.21. The largest absolute Gasteiger partial charge is 0.361 e. The van der Waals surface area contributed by atoms with Crippen LogP contribution in [0.2, 0.25) is 0 Å². The van der Waals surface area contributed by atoms with E-state index in [-0.39, 0.29) is 0 Å². The van der Waals surface area contributed by atoms with E-state index in [1.54, 1.807) is 0 Å². The third-order valence-corrected chi connectivity index (χ3v) is 4.15. The van der Waals surface area contributed by atoms with Crippen LogP contribution in [0, 0.1) is 0 Å². The quantitative estimate of drug-likeness (QED) is 0.775. The number of nitrogens with zero attached hydrogens (tertiary/aromatic N) is 2. The van der Waals surface area contributed by atoms with Gasteiger partial charge in [0, 0.05) is 25.1 Å². The Balaban J connectivity index is 1.78. The molecule has 3 rings (SSSR count). The molecule has 0 saturated heterocycles. The Kier molecular flexibility index (Phi) is 3.26. The molecule has 2 heteroatoms. The van der Waals surface area contributed by atoms with Gasteiger partial charge in [-0.3, -0.25) is 0 Å². The van der Waals surface area contributed by atoms with Crippen molar-refractivity contribution >= 4 is 5.69 Å². The molecule has 1 saturated carbocycles. The minimum Gasteiger partial charge on any atom is -0.361 e. The normalized spacial score (nSPS) is 20.7. The van der Waals surface area contributed by atoms with Crippen molar-refractivity contribution in [2.24, 2.45) is 0 Å². The zero-order valence-corrected chi connectivity index (χ0v) is 11.2. The Labute approximate surface area is 110 Å². The van der Waals surface area contributed by atoms with Crippen LogP contribution in [0.1, 0.15) is 43.6 Å². The van der Waals surface area contributed by atoms with Gasteiger partial charge in [-0.25, -0.2) is 0 Å². The van der Waals surface area contributed by atoms with Crippen LogP contribution < -0.4 is 4.90 Å². The summed E-state index contributed by atoms with van der Waals surface area (Å²) in [6.45, 7) is 0.966. The van der Waals surface area contributed by atoms with Gasteiger partial charge in [-0.05, 0) is 36.5 Å². The second kappa shape index (κ2) is 5.05. The molecule has 0 amide bonds. The molecule has 1 aliphatic heterocycles. The molecule has 96 valence electrons. The molecule has 0 atom stereocenters. The first kappa shape index (κ1) is 11.6. The maximum Gasteiger partial charge on any atom is 0.0938 e. The number of hydrogen-bond donors (Lipinski definition) is 0. The van der Waals surface area contributed by atoms with Gasteiger partial charge in [-0.1, -0.05) is 31.4 Å². The van der Waals surface area contributed by atoms with Gasteiger partial charge in [0.25, 0.3) is 0 Å². The van der Waals surface area contributed by atoms with Crippen molar-refractivity contribution in [3.8, 4) is 0 Å². The van der Waals surface area contributed by atoms with Crippen molar-refractivity contribution in [1.82, 2.24) is 4.90 Å². The highest BCUT2D eigenvalue weighted by molar-refractivity contribution is 5.52. The first-order valence-electron chi connectivity index (χ1n) is 7.08. The summed E-state index contributed by atoms with van der Waals surface area (Å²) in [5, 5.41) is 0. The predicted molar refractivity (Wildman–Crippen MR) is 76.5 cm³/mol. The third-order valence-electron chi connectivity index (χ3n) is 4.15. The van der Waals surface area contributed by atoms with Gasteiger partial charge in [-0.15, -0.1) is 0 Å². The average Bonchev–Trinajstić information content (AvgIpc) is 2.87. The SMILES string of the molecule is CN1C=CN(c2cccc(C3CCCCC3)c2)C1. The maximum absolute atomic E-state index is 2.39. The van der Waals surface area contributed by atoms with E-state index in [2.05, 4.69) is 53.5 Å². The molecule has 1 aromatic carbocycles. The van der Waals surface area contributed by atoms with Gasteiger partial charge in [0.2, 0.25) is 0 Å². The lowest BCUT2D eigenvalue weighted by molar-refractivity contribution is 0.443. The first-order chi connectivity index (χ1) is 8.83. The summed E-state index contributed by atoms with van der Waals surface area (Å²) in [4.78, 5) is 4.51. The summed E-state index contributed by atoms with van der Waals surface area (Å²) in [6.07, 6.45) is 11.3. The monoisotopic (exact) mass is 242 g/mol. The molecule has 1 aromatic rings. The molecule has 0 aromatic heterocycles. The van der Waals surface area contributed by atoms with Gasteiger partial charge >= 0.3 is 0 Å². The van der Waals surface area contributed by atoms with Crippen molar-refractivity contribution < 1.29 is 0 Å². The fourth-order valence-corrected chi connectivity index (χ4v) is 3.09. The molecular formula is C16H22N2. The van der Waals surface area contributed by atoms with Crippen molar-refractivity contribution in [3.63, 3.8) is 0 Å². The van der Waals surface area contributed by atoms with Crippen LogP contribution >= 0.6 is 0 Å². The minimum atomic E-state index is 0.794. The number of rotatable bonds is 2. The summed E-state index contributed by atoms with van der Waals surface area (Å²) in [6, 6.07) is 9.13. The summed E-state index contributed by atoms with van der Waals surface area (Å²) in [5.74, 6) is 0.794. The van der Waals surface area contributed by atoms with Crippen molar-refractivity contribution in [1.29, 1.82) is 0 Å². The molecule has 1 heterocycles. The molecule has 18 heavy (non-hydrogen) atoms. The van der Waals surface area contributed by atoms with E-state index in [1.807, 2.05) is 0 Å². The van der Waals surface area contributed by atoms with Crippen molar-refractivity contribution in [2.45, 2.75) is 38.0 Å². The standard InChI is InChI=1S/C16H22N2/c1-17-10-11-18(13-17)16-9-5-8-15(12-16)14-6-3-2-4-7-14/h5,8-12,14H,2-4,6-7,13H2,1H3. The van der Waals surface area contributed by atoms with E-state index in [1.165, 1.54) is 43.4 Å². The number of benzene rings is 1. The average molecular weight is 242 g/mol. The second-order valence-corrected chi connectivity index (χ2v) is 5.60. The Morgan fingerprint density at radius 2 is 1.89 bits per heavy atom. The molecule has 2 nitrogen and oxygen atoms in total. The molecule has 2 aliphatic rings. The molecule has 0 bridgehead atoms. The van der Waals surface area contributed by atoms with E-state index in [9.17, 15) is 0 Å². The van der Waals surface area contributed by atoms with Gasteiger partial charge < -0.3 is 9.80 Å². The zero-order chi connectivity index (χ0) is 12.4. The van der Waals surface area contributed by atoms with Crippen LogP contribution in [0.5, 0.6) is 0 Å². The molecule has 1 aliphatic carbocycles. The van der Waals surface area contributed by atoms with Gasteiger partial charge in [-0.2, -0.15) is 0 Å². The summed E-state index contributed by atoms with van der Waals surface area (Å²) in [5.41, 5.74) is 2.87. The Morgan fingerprint density at radius 1 is 1.06 bits per heavy atom. The van der Waals surface area contributed by atoms with Crippen LogP contribution in [0.4, 0.5) is 5.69 Å². The van der Waals surface area contributed by atoms with Crippen LogP contribution in [-0.2, 0) is 0 Å². The highest BCUT2D eigenvalue weighted by Crippen LogP contribution is 2.34. The zero-order valence-electron chi connectivity index (χ0n) is 11.2. The van der Waals surface area contributed by atoms with Gasteiger partial charge in [0.15, 0.2) is 0 Å². The van der Waals surface area contributed by atoms with E-state index in [4.69, 9.17) is 0 Å². The minimum absolute atomic E-state index is 0.794. The van der Waals surface area contributed by atoms with E-state index in [0.29, 0.717) is 0 Å². The molecule has 1 fully saturated rings. The first-order valence-corrected chi connectivity index (χ1v) is 7.08. The highest BCUT2D eigenvalue weighted by Gasteiger charge is 2.17. The highest BCUT2D eigenvalue weighted by atomic mass is 15.3. The lowest BCUT2D eigenvalue weighted by Gasteiger charge is -2.24. The fourth-order valence-electron chi connectivity index (χ4n) is 3.09. The molecule has 0 unspecified atom stereocenters. The fraction of sp³-hybridized carbons (Fsp3) is 0.500. The van der Waals surface area contributed by atoms with E-state index in [0.717, 1.165) is 12.6 Å². The van der Waals surface area contributed by atoms with Gasteiger partial charge in [0.1, 0.15) is 0 Å². The Bertz CT molecular complexity index is 432. The number of hydrogen-bond acceptors (Lipinski definition) is 2. The smallest absolute Gasteiger partial charge is 0.0938 e. The summed E-state index contributed by atoms with van der Waals surface area (Å²) >= 11 is 0. The maximum atomic E-state index is 2.39. The van der Waals surface area contributed by atoms with Crippen LogP contribution in [-0.4, -0.2) is 18.6 Å². The third kappa shape index (κ3) is 2.38. The van der Waals surface area contributed by atoms with Crippen LogP contribution in [0.15, 0.2) is 36.7 Å². The van der Waals surface area contributed by atoms with Crippen molar-refractivity contribution in [2.75, 3.05) is 18.6 Å². The van der Waals surface area contributed by atoms with E-state index < -0.39 is 0 Å². The lowest BCUT2D eigenvalue weighted by atomic mass is 9.84. The molecular weight excluding hydrogens is 220 g/mol. The van der Waals surface area contributed by atoms with E-state index >= 15 is 0 Å². The second-order valence-electron chi connectivity index (χ2n) is 5.60. The van der Waals surface area contributed by atoms with Gasteiger partial charge in [0.05, 0.1) is 6.67 Å². The number of anilines is 1.